The van der Waals surface area contributed by atoms with Gasteiger partial charge in [0.25, 0.3) is 0 Å². The highest BCUT2D eigenvalue weighted by Crippen LogP contribution is 2.60. The van der Waals surface area contributed by atoms with E-state index in [-0.39, 0.29) is 0 Å². The Balaban J connectivity index is 1.21. The number of hydrogen-bond acceptors (Lipinski definition) is 1. The van der Waals surface area contributed by atoms with Crippen LogP contribution in [0, 0.1) is 0 Å². The minimum Gasteiger partial charge on any atom is -0.309 e. The zero-order valence-corrected chi connectivity index (χ0v) is 35.3. The van der Waals surface area contributed by atoms with Gasteiger partial charge in [-0.05, 0) is 101 Å². The van der Waals surface area contributed by atoms with Crippen molar-refractivity contribution >= 4 is 38.6 Å². The summed E-state index contributed by atoms with van der Waals surface area (Å²) >= 11 is 0. The zero-order chi connectivity index (χ0) is 42.5. The van der Waals surface area contributed by atoms with E-state index in [0.717, 1.165) is 17.1 Å². The molecule has 0 aromatic heterocycles. The van der Waals surface area contributed by atoms with Crippen LogP contribution in [0.15, 0.2) is 261 Å². The van der Waals surface area contributed by atoms with Crippen LogP contribution >= 0.6 is 0 Å². The van der Waals surface area contributed by atoms with E-state index in [1.165, 1.54) is 88.3 Å². The van der Waals surface area contributed by atoms with Crippen LogP contribution < -0.4 is 4.90 Å². The van der Waals surface area contributed by atoms with E-state index in [2.05, 4.69) is 266 Å². The molecule has 1 heteroatoms. The average Bonchev–Trinajstić information content (AvgIpc) is 3.69. The van der Waals surface area contributed by atoms with Crippen LogP contribution in [0.2, 0.25) is 0 Å². The Bertz CT molecular complexity index is 3430. The largest absolute Gasteiger partial charge is 0.309 e. The molecule has 0 aliphatic heterocycles. The summed E-state index contributed by atoms with van der Waals surface area (Å²) < 4.78 is 0. The number of hydrogen-bond donors (Lipinski definition) is 0. The molecule has 11 aromatic rings. The maximum atomic E-state index is 2.54. The van der Waals surface area contributed by atoms with Gasteiger partial charge in [-0.2, -0.15) is 0 Å². The third kappa shape index (κ3) is 5.93. The topological polar surface area (TPSA) is 3.24 Å². The maximum Gasteiger partial charge on any atom is 0.0714 e. The number of rotatable bonds is 8. The van der Waals surface area contributed by atoms with Crippen LogP contribution in [-0.2, 0) is 5.41 Å². The first-order chi connectivity index (χ1) is 31.8. The molecule has 1 aliphatic rings. The monoisotopic (exact) mass is 813 g/mol. The van der Waals surface area contributed by atoms with Crippen LogP contribution in [0.1, 0.15) is 22.3 Å². The quantitative estimate of drug-likeness (QED) is 0.148. The summed E-state index contributed by atoms with van der Waals surface area (Å²) in [5, 5.41) is 4.88. The molecule has 0 fully saturated rings. The van der Waals surface area contributed by atoms with Gasteiger partial charge in [-0.3, -0.25) is 0 Å². The van der Waals surface area contributed by atoms with Crippen molar-refractivity contribution in [3.8, 4) is 44.5 Å². The molecule has 0 N–H and O–H groups in total. The zero-order valence-electron chi connectivity index (χ0n) is 35.3. The molecule has 0 saturated carbocycles. The van der Waals surface area contributed by atoms with Gasteiger partial charge < -0.3 is 4.90 Å². The first kappa shape index (κ1) is 37.5. The van der Waals surface area contributed by atoms with Crippen molar-refractivity contribution in [2.45, 2.75) is 5.41 Å². The average molecular weight is 814 g/mol. The lowest BCUT2D eigenvalue weighted by Crippen LogP contribution is -2.28. The Kier molecular flexibility index (Phi) is 9.13. The van der Waals surface area contributed by atoms with Gasteiger partial charge >= 0.3 is 0 Å². The summed E-state index contributed by atoms with van der Waals surface area (Å²) in [7, 11) is 0. The van der Waals surface area contributed by atoms with E-state index >= 15 is 0 Å². The van der Waals surface area contributed by atoms with E-state index in [4.69, 9.17) is 0 Å². The second-order valence-corrected chi connectivity index (χ2v) is 16.7. The second kappa shape index (κ2) is 15.6. The molecule has 11 aromatic carbocycles. The molecular formula is C63H43N. The molecule has 1 nitrogen and oxygen atoms in total. The number of nitrogens with zero attached hydrogens (tertiary/aromatic N) is 1. The Hall–Kier alpha value is -8.26. The number of benzene rings is 11. The molecule has 0 heterocycles. The summed E-state index contributed by atoms with van der Waals surface area (Å²) in [6.45, 7) is 0. The van der Waals surface area contributed by atoms with Gasteiger partial charge in [-0.25, -0.2) is 0 Å². The molecule has 0 bridgehead atoms. The first-order valence-corrected chi connectivity index (χ1v) is 22.2. The van der Waals surface area contributed by atoms with Crippen molar-refractivity contribution in [2.75, 3.05) is 4.90 Å². The van der Waals surface area contributed by atoms with Gasteiger partial charge in [0.05, 0.1) is 16.8 Å². The first-order valence-electron chi connectivity index (χ1n) is 22.2. The van der Waals surface area contributed by atoms with E-state index < -0.39 is 5.41 Å². The molecule has 0 radical (unpaired) electrons. The molecule has 12 rings (SSSR count). The normalized spacial score (nSPS) is 12.5. The molecule has 0 atom stereocenters. The van der Waals surface area contributed by atoms with E-state index in [0.29, 0.717) is 0 Å². The highest BCUT2D eigenvalue weighted by molar-refractivity contribution is 6.10. The summed E-state index contributed by atoms with van der Waals surface area (Å²) in [5.74, 6) is 0. The third-order valence-electron chi connectivity index (χ3n) is 13.4. The Morgan fingerprint density at radius 1 is 0.266 bits per heavy atom. The summed E-state index contributed by atoms with van der Waals surface area (Å²) in [4.78, 5) is 2.54. The van der Waals surface area contributed by atoms with Gasteiger partial charge in [0.2, 0.25) is 0 Å². The molecule has 0 spiro atoms. The summed E-state index contributed by atoms with van der Waals surface area (Å²) in [5.41, 5.74) is 17.4. The van der Waals surface area contributed by atoms with Crippen molar-refractivity contribution in [3.05, 3.63) is 283 Å². The van der Waals surface area contributed by atoms with Gasteiger partial charge in [0.15, 0.2) is 0 Å². The van der Waals surface area contributed by atoms with Crippen molar-refractivity contribution in [3.63, 3.8) is 0 Å². The fourth-order valence-corrected chi connectivity index (χ4v) is 10.6. The van der Waals surface area contributed by atoms with Gasteiger partial charge in [-0.1, -0.05) is 237 Å². The van der Waals surface area contributed by atoms with Crippen molar-refractivity contribution < 1.29 is 0 Å². The van der Waals surface area contributed by atoms with Crippen molar-refractivity contribution in [1.29, 1.82) is 0 Å². The maximum absolute atomic E-state index is 2.54. The molecule has 1 aliphatic carbocycles. The minimum atomic E-state index is -0.545. The highest BCUT2D eigenvalue weighted by Gasteiger charge is 2.47. The lowest BCUT2D eigenvalue weighted by Gasteiger charge is -2.35. The van der Waals surface area contributed by atoms with Crippen LogP contribution in [0.5, 0.6) is 0 Å². The van der Waals surface area contributed by atoms with E-state index in [1.54, 1.807) is 0 Å². The number of anilines is 3. The summed E-state index contributed by atoms with van der Waals surface area (Å²) in [6.07, 6.45) is 0. The lowest BCUT2D eigenvalue weighted by atomic mass is 9.68. The molecular weight excluding hydrogens is 771 g/mol. The Labute approximate surface area is 374 Å². The lowest BCUT2D eigenvalue weighted by molar-refractivity contribution is 0.768. The molecule has 300 valence electrons. The SMILES string of the molecule is c1ccc(-c2ccc(N(c3cccc(-c4cccc5ccccc45)c3-c3cccc4ccccc34)c3cccc4c3-c3ccccc3C4(c3ccccc3)c3ccccc3)cc2)cc1. The fraction of sp³-hybridized carbons (Fsp3) is 0.0159. The second-order valence-electron chi connectivity index (χ2n) is 16.7. The smallest absolute Gasteiger partial charge is 0.0714 e. The summed E-state index contributed by atoms with van der Waals surface area (Å²) in [6, 6.07) is 96.1. The minimum absolute atomic E-state index is 0.545. The van der Waals surface area contributed by atoms with Crippen LogP contribution in [-0.4, -0.2) is 0 Å². The highest BCUT2D eigenvalue weighted by atomic mass is 15.1. The Morgan fingerprint density at radius 2 is 0.703 bits per heavy atom. The number of fused-ring (bicyclic) bond motifs is 5. The molecule has 64 heavy (non-hydrogen) atoms. The molecule has 0 unspecified atom stereocenters. The van der Waals surface area contributed by atoms with Crippen LogP contribution in [0.4, 0.5) is 17.1 Å². The van der Waals surface area contributed by atoms with E-state index in [9.17, 15) is 0 Å². The Morgan fingerprint density at radius 3 is 1.38 bits per heavy atom. The van der Waals surface area contributed by atoms with E-state index in [1.807, 2.05) is 0 Å². The van der Waals surface area contributed by atoms with Crippen molar-refractivity contribution in [1.82, 2.24) is 0 Å². The standard InChI is InChI=1S/C63H43N/c1-4-20-44(21-5-1)45-40-42-50(43-41-45)64(60-39-19-37-58-62(60)56-32-14-15-36-57(56)63(58,48-26-6-2-7-27-48)49-28-8-3-9-29-49)59-38-18-35-55(53-33-16-24-46-22-10-12-30-51(46)53)61(59)54-34-17-25-47-23-11-13-31-52(47)54/h1-43H. The van der Waals surface area contributed by atoms with Gasteiger partial charge in [0.1, 0.15) is 0 Å². The van der Waals surface area contributed by atoms with Gasteiger partial charge in [-0.15, -0.1) is 0 Å². The molecule has 0 saturated heterocycles. The predicted octanol–water partition coefficient (Wildman–Crippen LogP) is 16.8. The third-order valence-corrected chi connectivity index (χ3v) is 13.4. The fourth-order valence-electron chi connectivity index (χ4n) is 10.6. The molecule has 0 amide bonds. The van der Waals surface area contributed by atoms with Crippen molar-refractivity contribution in [2.24, 2.45) is 0 Å². The van der Waals surface area contributed by atoms with Gasteiger partial charge in [0, 0.05) is 16.8 Å². The van der Waals surface area contributed by atoms with Crippen LogP contribution in [0.3, 0.4) is 0 Å². The van der Waals surface area contributed by atoms with Crippen LogP contribution in [0.25, 0.3) is 66.1 Å². The predicted molar refractivity (Wildman–Crippen MR) is 270 cm³/mol.